The number of carbonyl (C=O) groups excluding carboxylic acids is 1. The predicted molar refractivity (Wildman–Crippen MR) is 80.4 cm³/mol. The Bertz CT molecular complexity index is 637. The number of halogens is 3. The summed E-state index contributed by atoms with van der Waals surface area (Å²) >= 11 is 12.1. The highest BCUT2D eigenvalue weighted by Crippen LogP contribution is 2.27. The molecule has 0 radical (unpaired) electrons. The molecule has 2 aromatic rings. The minimum absolute atomic E-state index is 0.0146. The molecule has 0 spiro atoms. The van der Waals surface area contributed by atoms with Gasteiger partial charge < -0.3 is 0 Å². The van der Waals surface area contributed by atoms with Crippen LogP contribution in [0.15, 0.2) is 30.3 Å². The van der Waals surface area contributed by atoms with E-state index in [1.165, 1.54) is 6.07 Å². The number of Topliss-reactive ketones (excluding diaryl/α,β-unsaturated/α-hetero) is 1. The van der Waals surface area contributed by atoms with E-state index in [1.54, 1.807) is 38.1 Å². The topological polar surface area (TPSA) is 17.1 Å². The predicted octanol–water partition coefficient (Wildman–Crippen LogP) is 5.17. The molecule has 104 valence electrons. The monoisotopic (exact) mass is 310 g/mol. The Kier molecular flexibility index (Phi) is 4.46. The van der Waals surface area contributed by atoms with Crippen LogP contribution in [0.5, 0.6) is 0 Å². The Labute approximate surface area is 127 Å². The standard InChI is InChI=1S/C16H13Cl2FO/c1-9-6-10(2)16(14(19)7-9)15(20)8-11-12(17)4-3-5-13(11)18/h3-7H,8H2,1-2H3. The largest absolute Gasteiger partial charge is 0.294 e. The van der Waals surface area contributed by atoms with E-state index in [0.29, 0.717) is 21.2 Å². The minimum Gasteiger partial charge on any atom is -0.294 e. The fourth-order valence-corrected chi connectivity index (χ4v) is 2.75. The third-order valence-corrected chi connectivity index (χ3v) is 3.82. The zero-order chi connectivity index (χ0) is 14.9. The van der Waals surface area contributed by atoms with Gasteiger partial charge in [-0.3, -0.25) is 4.79 Å². The second-order valence-corrected chi connectivity index (χ2v) is 5.55. The van der Waals surface area contributed by atoms with Gasteiger partial charge in [0.05, 0.1) is 5.56 Å². The lowest BCUT2D eigenvalue weighted by molar-refractivity contribution is 0.0988. The Morgan fingerprint density at radius 1 is 1.15 bits per heavy atom. The fourth-order valence-electron chi connectivity index (χ4n) is 2.22. The van der Waals surface area contributed by atoms with Gasteiger partial charge in [0, 0.05) is 16.5 Å². The van der Waals surface area contributed by atoms with Crippen LogP contribution in [0.1, 0.15) is 27.0 Å². The quantitative estimate of drug-likeness (QED) is 0.714. The van der Waals surface area contributed by atoms with Crippen molar-refractivity contribution in [1.29, 1.82) is 0 Å². The van der Waals surface area contributed by atoms with E-state index in [4.69, 9.17) is 23.2 Å². The van der Waals surface area contributed by atoms with Gasteiger partial charge in [-0.15, -0.1) is 0 Å². The molecule has 0 aliphatic carbocycles. The zero-order valence-corrected chi connectivity index (χ0v) is 12.6. The second-order valence-electron chi connectivity index (χ2n) is 4.74. The summed E-state index contributed by atoms with van der Waals surface area (Å²) in [4.78, 5) is 12.3. The van der Waals surface area contributed by atoms with Gasteiger partial charge >= 0.3 is 0 Å². The molecule has 0 bridgehead atoms. The second kappa shape index (κ2) is 5.94. The summed E-state index contributed by atoms with van der Waals surface area (Å²) < 4.78 is 14.0. The van der Waals surface area contributed by atoms with Crippen molar-refractivity contribution in [2.45, 2.75) is 20.3 Å². The van der Waals surface area contributed by atoms with E-state index < -0.39 is 5.82 Å². The lowest BCUT2D eigenvalue weighted by Crippen LogP contribution is -2.09. The van der Waals surface area contributed by atoms with Crippen LogP contribution < -0.4 is 0 Å². The zero-order valence-electron chi connectivity index (χ0n) is 11.1. The first kappa shape index (κ1) is 15.0. The van der Waals surface area contributed by atoms with Crippen LogP contribution in [-0.2, 0) is 6.42 Å². The molecular weight excluding hydrogens is 298 g/mol. The first-order chi connectivity index (χ1) is 9.40. The maximum Gasteiger partial charge on any atom is 0.170 e. The molecule has 0 saturated carbocycles. The van der Waals surface area contributed by atoms with Crippen LogP contribution >= 0.6 is 23.2 Å². The molecule has 0 amide bonds. The van der Waals surface area contributed by atoms with Gasteiger partial charge in [0.1, 0.15) is 5.82 Å². The van der Waals surface area contributed by atoms with Crippen LogP contribution in [0.4, 0.5) is 4.39 Å². The lowest BCUT2D eigenvalue weighted by atomic mass is 9.97. The van der Waals surface area contributed by atoms with Gasteiger partial charge in [-0.05, 0) is 48.7 Å². The normalized spacial score (nSPS) is 10.7. The fraction of sp³-hybridized carbons (Fsp3) is 0.188. The van der Waals surface area contributed by atoms with E-state index >= 15 is 0 Å². The van der Waals surface area contributed by atoms with Crippen molar-refractivity contribution >= 4 is 29.0 Å². The SMILES string of the molecule is Cc1cc(C)c(C(=O)Cc2c(Cl)cccc2Cl)c(F)c1. The van der Waals surface area contributed by atoms with Crippen molar-refractivity contribution in [3.8, 4) is 0 Å². The highest BCUT2D eigenvalue weighted by Gasteiger charge is 2.18. The Morgan fingerprint density at radius 3 is 2.30 bits per heavy atom. The number of ketones is 1. The summed E-state index contributed by atoms with van der Waals surface area (Å²) in [6, 6.07) is 8.16. The molecule has 0 saturated heterocycles. The third-order valence-electron chi connectivity index (χ3n) is 3.11. The van der Waals surface area contributed by atoms with Crippen molar-refractivity contribution in [3.05, 3.63) is 68.4 Å². The van der Waals surface area contributed by atoms with E-state index in [2.05, 4.69) is 0 Å². The van der Waals surface area contributed by atoms with Gasteiger partial charge in [-0.1, -0.05) is 35.3 Å². The highest BCUT2D eigenvalue weighted by molar-refractivity contribution is 6.36. The molecule has 0 heterocycles. The first-order valence-electron chi connectivity index (χ1n) is 6.13. The summed E-state index contributed by atoms with van der Waals surface area (Å²) in [6.07, 6.45) is -0.0146. The average Bonchev–Trinajstić information content (AvgIpc) is 2.32. The number of hydrogen-bond acceptors (Lipinski definition) is 1. The Balaban J connectivity index is 2.39. The molecule has 0 fully saturated rings. The van der Waals surface area contributed by atoms with Crippen molar-refractivity contribution in [3.63, 3.8) is 0 Å². The maximum absolute atomic E-state index is 14.0. The molecule has 2 rings (SSSR count). The molecule has 1 nitrogen and oxygen atoms in total. The van der Waals surface area contributed by atoms with Crippen molar-refractivity contribution < 1.29 is 9.18 Å². The van der Waals surface area contributed by atoms with Crippen LogP contribution in [0.3, 0.4) is 0 Å². The summed E-state index contributed by atoms with van der Waals surface area (Å²) in [5.41, 5.74) is 2.04. The molecule has 2 aromatic carbocycles. The molecule has 0 aliphatic rings. The smallest absolute Gasteiger partial charge is 0.170 e. The molecule has 4 heteroatoms. The molecule has 0 aliphatic heterocycles. The van der Waals surface area contributed by atoms with E-state index in [0.717, 1.165) is 5.56 Å². The molecule has 0 N–H and O–H groups in total. The van der Waals surface area contributed by atoms with Crippen LogP contribution in [-0.4, -0.2) is 5.78 Å². The Morgan fingerprint density at radius 2 is 1.75 bits per heavy atom. The first-order valence-corrected chi connectivity index (χ1v) is 6.88. The van der Waals surface area contributed by atoms with Gasteiger partial charge in [-0.2, -0.15) is 0 Å². The van der Waals surface area contributed by atoms with Crippen molar-refractivity contribution in [2.75, 3.05) is 0 Å². The maximum atomic E-state index is 14.0. The van der Waals surface area contributed by atoms with Crippen LogP contribution in [0.2, 0.25) is 10.0 Å². The summed E-state index contributed by atoms with van der Waals surface area (Å²) in [5, 5.41) is 0.826. The third kappa shape index (κ3) is 3.02. The molecule has 20 heavy (non-hydrogen) atoms. The minimum atomic E-state index is -0.504. The molecule has 0 unspecified atom stereocenters. The van der Waals surface area contributed by atoms with E-state index in [9.17, 15) is 9.18 Å². The van der Waals surface area contributed by atoms with Gasteiger partial charge in [0.25, 0.3) is 0 Å². The Hall–Kier alpha value is -1.38. The van der Waals surface area contributed by atoms with E-state index in [-0.39, 0.29) is 17.8 Å². The summed E-state index contributed by atoms with van der Waals surface area (Å²) in [6.45, 7) is 3.51. The average molecular weight is 311 g/mol. The number of benzene rings is 2. The number of aryl methyl sites for hydroxylation is 2. The highest BCUT2D eigenvalue weighted by atomic mass is 35.5. The number of carbonyl (C=O) groups is 1. The van der Waals surface area contributed by atoms with Crippen LogP contribution in [0.25, 0.3) is 0 Å². The van der Waals surface area contributed by atoms with Gasteiger partial charge in [0.2, 0.25) is 0 Å². The molecule has 0 atom stereocenters. The van der Waals surface area contributed by atoms with Gasteiger partial charge in [0.15, 0.2) is 5.78 Å². The number of rotatable bonds is 3. The number of hydrogen-bond donors (Lipinski definition) is 0. The van der Waals surface area contributed by atoms with E-state index in [1.807, 2.05) is 0 Å². The molecular formula is C16H13Cl2FO. The van der Waals surface area contributed by atoms with Gasteiger partial charge in [-0.25, -0.2) is 4.39 Å². The van der Waals surface area contributed by atoms with Crippen molar-refractivity contribution in [2.24, 2.45) is 0 Å². The van der Waals surface area contributed by atoms with Crippen molar-refractivity contribution in [1.82, 2.24) is 0 Å². The summed E-state index contributed by atoms with van der Waals surface area (Å²) in [5.74, 6) is -0.828. The summed E-state index contributed by atoms with van der Waals surface area (Å²) in [7, 11) is 0. The lowest BCUT2D eigenvalue weighted by Gasteiger charge is -2.10. The molecule has 0 aromatic heterocycles. The van der Waals surface area contributed by atoms with Crippen LogP contribution in [0, 0.1) is 19.7 Å².